The molecule has 10 heteroatoms. The maximum atomic E-state index is 13.6. The van der Waals surface area contributed by atoms with E-state index in [9.17, 15) is 13.2 Å². The average Bonchev–Trinajstić information content (AvgIpc) is 3.72. The predicted octanol–water partition coefficient (Wildman–Crippen LogP) is 5.54. The molecule has 1 spiro atoms. The Morgan fingerprint density at radius 2 is 1.73 bits per heavy atom. The van der Waals surface area contributed by atoms with Crippen LogP contribution in [0.5, 0.6) is 0 Å². The van der Waals surface area contributed by atoms with Gasteiger partial charge in [-0.3, -0.25) is 4.90 Å². The lowest BCUT2D eigenvalue weighted by Gasteiger charge is -2.48. The molecule has 246 valence electrons. The second-order valence-electron chi connectivity index (χ2n) is 15.5. The number of urea groups is 1. The van der Waals surface area contributed by atoms with Gasteiger partial charge in [0.05, 0.1) is 11.3 Å². The fourth-order valence-electron chi connectivity index (χ4n) is 8.45. The Morgan fingerprint density at radius 3 is 2.32 bits per heavy atom. The molecule has 1 saturated carbocycles. The molecule has 2 unspecified atom stereocenters. The Bertz CT molecular complexity index is 1340. The van der Waals surface area contributed by atoms with Crippen LogP contribution in [0.2, 0.25) is 0 Å². The molecule has 2 atom stereocenters. The van der Waals surface area contributed by atoms with Crippen molar-refractivity contribution in [1.29, 1.82) is 0 Å². The topological polar surface area (TPSA) is 107 Å². The summed E-state index contributed by atoms with van der Waals surface area (Å²) in [5, 5.41) is 6.81. The van der Waals surface area contributed by atoms with Gasteiger partial charge >= 0.3 is 6.03 Å². The van der Waals surface area contributed by atoms with Crippen LogP contribution in [0, 0.1) is 30.6 Å². The Labute approximate surface area is 265 Å². The number of anilines is 1. The summed E-state index contributed by atoms with van der Waals surface area (Å²) in [5.74, 6) is 1.54. The van der Waals surface area contributed by atoms with Crippen LogP contribution in [0.4, 0.5) is 10.5 Å². The number of carbonyl (C=O) groups excluding carboxylic acids is 1. The van der Waals surface area contributed by atoms with Crippen molar-refractivity contribution in [3.05, 3.63) is 28.8 Å². The Morgan fingerprint density at radius 1 is 1.11 bits per heavy atom. The number of epoxide rings is 1. The molecule has 0 aromatic heterocycles. The van der Waals surface area contributed by atoms with E-state index in [1.807, 2.05) is 26.0 Å². The Hall–Kier alpha value is -2.17. The standard InChI is InChI=1S/C34H55N5O4S/c1-9-10-14-35-31(40)38(8)26-18-23(2)27(24(3)19-26)11-17-44(41,42)39-15-12-34(13-16-39)28-30(43-28)36-29(37-34)25-20-32(4,5)22-33(6,7)21-25/h18-19,25,28,30H,9-17,20-22H2,1-8H3,(H,35,40)(H,36,37). The lowest BCUT2D eigenvalue weighted by molar-refractivity contribution is 0.0883. The van der Waals surface area contributed by atoms with Gasteiger partial charge in [0.25, 0.3) is 0 Å². The van der Waals surface area contributed by atoms with Gasteiger partial charge in [0.2, 0.25) is 10.0 Å². The van der Waals surface area contributed by atoms with Crippen LogP contribution in [-0.2, 0) is 21.2 Å². The molecule has 2 amide bonds. The van der Waals surface area contributed by atoms with Crippen molar-refractivity contribution in [3.63, 3.8) is 0 Å². The second-order valence-corrected chi connectivity index (χ2v) is 17.6. The number of unbranched alkanes of at least 4 members (excludes halogenated alkanes) is 1. The van der Waals surface area contributed by atoms with Gasteiger partial charge in [-0.15, -0.1) is 0 Å². The third-order valence-electron chi connectivity index (χ3n) is 10.4. The van der Waals surface area contributed by atoms with Gasteiger partial charge in [-0.1, -0.05) is 41.0 Å². The number of hydrogen-bond donors (Lipinski definition) is 2. The number of ether oxygens (including phenoxy) is 1. The second kappa shape index (κ2) is 12.2. The van der Waals surface area contributed by atoms with Crippen LogP contribution in [-0.4, -0.2) is 74.9 Å². The van der Waals surface area contributed by atoms with Crippen molar-refractivity contribution in [1.82, 2.24) is 14.9 Å². The fraction of sp³-hybridized carbons (Fsp3) is 0.765. The fourth-order valence-corrected chi connectivity index (χ4v) is 9.91. The van der Waals surface area contributed by atoms with Crippen LogP contribution in [0.3, 0.4) is 0 Å². The van der Waals surface area contributed by atoms with Gasteiger partial charge in [0, 0.05) is 38.3 Å². The maximum Gasteiger partial charge on any atom is 0.321 e. The van der Waals surface area contributed by atoms with Crippen molar-refractivity contribution in [2.75, 3.05) is 37.3 Å². The summed E-state index contributed by atoms with van der Waals surface area (Å²) in [4.78, 5) is 19.2. The van der Waals surface area contributed by atoms with Gasteiger partial charge in [0.1, 0.15) is 11.9 Å². The first kappa shape index (κ1) is 33.2. The minimum absolute atomic E-state index is 0.0383. The molecule has 44 heavy (non-hydrogen) atoms. The van der Waals surface area contributed by atoms with Crippen LogP contribution in [0.1, 0.15) is 96.3 Å². The largest absolute Gasteiger partial charge is 0.365 e. The monoisotopic (exact) mass is 629 g/mol. The number of benzene rings is 1. The smallest absolute Gasteiger partial charge is 0.321 e. The molecule has 0 bridgehead atoms. The number of carbonyl (C=O) groups is 1. The van der Waals surface area contributed by atoms with E-state index in [2.05, 4.69) is 45.3 Å². The molecule has 1 aromatic rings. The molecular formula is C34H55N5O4S. The first-order valence-corrected chi connectivity index (χ1v) is 18.3. The molecule has 4 aliphatic rings. The Kier molecular flexibility index (Phi) is 9.21. The molecule has 9 nitrogen and oxygen atoms in total. The van der Waals surface area contributed by atoms with Gasteiger partial charge in [-0.25, -0.2) is 22.5 Å². The molecule has 3 fully saturated rings. The summed E-state index contributed by atoms with van der Waals surface area (Å²) in [6.07, 6.45) is 7.26. The van der Waals surface area contributed by atoms with E-state index >= 15 is 0 Å². The quantitative estimate of drug-likeness (QED) is 0.276. The van der Waals surface area contributed by atoms with Crippen molar-refractivity contribution < 1.29 is 17.9 Å². The van der Waals surface area contributed by atoms with E-state index in [1.165, 1.54) is 6.42 Å². The molecule has 1 aromatic carbocycles. The molecule has 2 N–H and O–H groups in total. The lowest BCUT2D eigenvalue weighted by atomic mass is 9.61. The number of sulfonamides is 1. The van der Waals surface area contributed by atoms with Crippen LogP contribution in [0.15, 0.2) is 17.1 Å². The molecule has 2 saturated heterocycles. The first-order valence-electron chi connectivity index (χ1n) is 16.7. The highest BCUT2D eigenvalue weighted by Crippen LogP contribution is 2.51. The number of amidine groups is 1. The van der Waals surface area contributed by atoms with E-state index in [-0.39, 0.29) is 40.5 Å². The highest BCUT2D eigenvalue weighted by Gasteiger charge is 2.60. The number of amides is 2. The summed E-state index contributed by atoms with van der Waals surface area (Å²) < 4.78 is 34.9. The number of aryl methyl sites for hydroxylation is 2. The van der Waals surface area contributed by atoms with Crippen molar-refractivity contribution in [2.24, 2.45) is 21.7 Å². The van der Waals surface area contributed by atoms with Crippen molar-refractivity contribution in [3.8, 4) is 0 Å². The third-order valence-corrected chi connectivity index (χ3v) is 12.3. The minimum Gasteiger partial charge on any atom is -0.365 e. The summed E-state index contributed by atoms with van der Waals surface area (Å²) in [5.41, 5.74) is 4.14. The summed E-state index contributed by atoms with van der Waals surface area (Å²) in [7, 11) is -1.66. The van der Waals surface area contributed by atoms with Crippen LogP contribution < -0.4 is 15.5 Å². The van der Waals surface area contributed by atoms with Gasteiger partial charge in [-0.2, -0.15) is 0 Å². The Balaban J connectivity index is 1.19. The molecular weight excluding hydrogens is 574 g/mol. The highest BCUT2D eigenvalue weighted by molar-refractivity contribution is 7.89. The zero-order chi connectivity index (χ0) is 32.1. The summed E-state index contributed by atoms with van der Waals surface area (Å²) in [6.45, 7) is 17.2. The van der Waals surface area contributed by atoms with Crippen LogP contribution in [0.25, 0.3) is 0 Å². The van der Waals surface area contributed by atoms with E-state index < -0.39 is 10.0 Å². The minimum atomic E-state index is -3.43. The summed E-state index contributed by atoms with van der Waals surface area (Å²) in [6, 6.07) is 3.83. The van der Waals surface area contributed by atoms with Crippen molar-refractivity contribution in [2.45, 2.75) is 118 Å². The predicted molar refractivity (Wildman–Crippen MR) is 178 cm³/mol. The maximum absolute atomic E-state index is 13.6. The van der Waals surface area contributed by atoms with E-state index in [4.69, 9.17) is 9.73 Å². The molecule has 5 rings (SSSR count). The van der Waals surface area contributed by atoms with Gasteiger partial charge in [0.15, 0.2) is 6.23 Å². The van der Waals surface area contributed by atoms with Crippen molar-refractivity contribution >= 4 is 27.6 Å². The molecule has 3 aliphatic heterocycles. The highest BCUT2D eigenvalue weighted by atomic mass is 32.2. The number of rotatable bonds is 9. The zero-order valence-electron chi connectivity index (χ0n) is 28.3. The number of hydrogen-bond acceptors (Lipinski definition) is 6. The SMILES string of the molecule is CCCCNC(=O)N(C)c1cc(C)c(CCS(=O)(=O)N2CCC3(CC2)NC(C2CC(C)(C)CC(C)(C)C2)=NC2OC23)c(C)c1. The van der Waals surface area contributed by atoms with Gasteiger partial charge < -0.3 is 15.4 Å². The number of fused-ring (bicyclic) bond motifs is 2. The number of nitrogens with zero attached hydrogens (tertiary/aromatic N) is 3. The molecule has 1 aliphatic carbocycles. The third kappa shape index (κ3) is 7.12. The average molecular weight is 630 g/mol. The summed E-state index contributed by atoms with van der Waals surface area (Å²) >= 11 is 0. The number of aliphatic imine (C=N–C) groups is 1. The van der Waals surface area contributed by atoms with E-state index in [0.29, 0.717) is 32.0 Å². The van der Waals surface area contributed by atoms with Crippen LogP contribution >= 0.6 is 0 Å². The number of piperidine rings is 1. The lowest BCUT2D eigenvalue weighted by Crippen LogP contribution is -2.63. The molecule has 0 radical (unpaired) electrons. The molecule has 3 heterocycles. The van der Waals surface area contributed by atoms with Gasteiger partial charge in [-0.05, 0) is 98.4 Å². The zero-order valence-corrected chi connectivity index (χ0v) is 29.1. The van der Waals surface area contributed by atoms with E-state index in [1.54, 1.807) is 16.3 Å². The van der Waals surface area contributed by atoms with E-state index in [0.717, 1.165) is 66.7 Å². The number of nitrogens with one attached hydrogen (secondary N) is 2. The first-order chi connectivity index (χ1) is 20.5. The normalized spacial score (nSPS) is 26.0.